The number of aliphatic hydroxyl groups excluding tert-OH is 12. The molecule has 7 rings (SSSR count). The van der Waals surface area contributed by atoms with Gasteiger partial charge < -0.3 is 82.0 Å². The van der Waals surface area contributed by atoms with Crippen LogP contribution in [0.15, 0.2) is 172 Å². The fourth-order valence-electron chi connectivity index (χ4n) is 12.0. The Morgan fingerprint density at radius 1 is 0.565 bits per heavy atom. The number of allylic oxidation sites excluding steroid dienone is 2. The second kappa shape index (κ2) is 43.1. The van der Waals surface area contributed by atoms with Gasteiger partial charge in [0, 0.05) is 85.8 Å². The molecule has 0 amide bonds. The van der Waals surface area contributed by atoms with Crippen molar-refractivity contribution in [3.8, 4) is 0 Å². The van der Waals surface area contributed by atoms with Gasteiger partial charge in [0.25, 0.3) is 5.01 Å². The largest absolute Gasteiger partial charge is 0.497 e. The highest BCUT2D eigenvalue weighted by atomic mass is 32.1. The van der Waals surface area contributed by atoms with E-state index in [1.165, 1.54) is 45.9 Å². The maximum Gasteiger partial charge on any atom is 0.328 e. The molecule has 8 atom stereocenters. The third kappa shape index (κ3) is 26.3. The Balaban J connectivity index is 0.976. The number of nitrogens with zero attached hydrogens (tertiary/aromatic N) is 12. The molecule has 4 aromatic carbocycles. The van der Waals surface area contributed by atoms with Gasteiger partial charge in [-0.15, -0.1) is 0 Å². The summed E-state index contributed by atoms with van der Waals surface area (Å²) in [6.45, 7) is 5.20. The molecule has 0 saturated carbocycles. The van der Waals surface area contributed by atoms with Gasteiger partial charge in [-0.25, -0.2) is 54.7 Å². The van der Waals surface area contributed by atoms with Gasteiger partial charge in [-0.05, 0) is 106 Å². The van der Waals surface area contributed by atoms with Crippen LogP contribution in [0.2, 0.25) is 0 Å². The summed E-state index contributed by atoms with van der Waals surface area (Å²) in [6, 6.07) is 21.7. The van der Waals surface area contributed by atoms with E-state index in [2.05, 4.69) is 138 Å². The zero-order valence-electron chi connectivity index (χ0n) is 61.7. The molecule has 29 nitrogen and oxygen atoms in total. The predicted octanol–water partition coefficient (Wildman–Crippen LogP) is 12.9. The van der Waals surface area contributed by atoms with Crippen LogP contribution in [0.4, 0.5) is 5.69 Å². The number of hydrogen-bond donors (Lipinski definition) is 16. The first kappa shape index (κ1) is 84.4. The summed E-state index contributed by atoms with van der Waals surface area (Å²) in [4.78, 5) is 58.5. The number of aromatic nitrogens is 2. The van der Waals surface area contributed by atoms with Crippen LogP contribution in [0, 0.1) is 11.3 Å². The number of aliphatic carboxylic acids is 1. The number of carboxylic acids is 1. The second-order valence-electron chi connectivity index (χ2n) is 26.8. The van der Waals surface area contributed by atoms with E-state index in [4.69, 9.17) is 11.1 Å². The first-order chi connectivity index (χ1) is 51.8. The molecule has 2 aromatic heterocycles. The first-order valence-electron chi connectivity index (χ1n) is 36.4. The predicted molar refractivity (Wildman–Crippen MR) is 432 cm³/mol. The Morgan fingerprint density at radius 2 is 1.16 bits per heavy atom. The van der Waals surface area contributed by atoms with E-state index in [-0.39, 0.29) is 38.0 Å². The van der Waals surface area contributed by atoms with E-state index in [0.717, 1.165) is 62.4 Å². The summed E-state index contributed by atoms with van der Waals surface area (Å²) in [5.41, 5.74) is 12.3. The van der Waals surface area contributed by atoms with Crippen LogP contribution in [0.5, 0.6) is 0 Å². The number of nitrogens with one attached hydrogen (secondary N) is 2. The molecular formula is C78H104N15O14S+. The Kier molecular flexibility index (Phi) is 33.7. The number of carbonyl (C=O) groups is 1. The maximum atomic E-state index is 11.9. The number of benzene rings is 4. The van der Waals surface area contributed by atoms with Crippen LogP contribution in [0.1, 0.15) is 139 Å². The molecule has 0 radical (unpaired) electrons. The maximum absolute atomic E-state index is 11.9. The average Bonchev–Trinajstić information content (AvgIpc) is 1.72. The lowest BCUT2D eigenvalue weighted by Crippen LogP contribution is -2.35. The summed E-state index contributed by atoms with van der Waals surface area (Å²) in [6.07, 6.45) is 16.8. The van der Waals surface area contributed by atoms with Crippen molar-refractivity contribution < 1.29 is 75.7 Å². The zero-order valence-corrected chi connectivity index (χ0v) is 62.6. The van der Waals surface area contributed by atoms with E-state index in [9.17, 15) is 71.2 Å². The van der Waals surface area contributed by atoms with Gasteiger partial charge in [-0.3, -0.25) is 5.41 Å². The third-order valence-electron chi connectivity index (χ3n) is 17.9. The van der Waals surface area contributed by atoms with Crippen LogP contribution in [0.25, 0.3) is 32.8 Å². The number of unbranched alkanes of at least 4 members (excludes halogenated alkanes) is 8. The number of hydrogen-bond acceptors (Lipinski definition) is 16. The monoisotopic (exact) mass is 1510 g/mol. The molecule has 0 fully saturated rings. The second-order valence-corrected chi connectivity index (χ2v) is 27.8. The molecule has 0 saturated heterocycles. The van der Waals surface area contributed by atoms with Crippen molar-refractivity contribution in [3.05, 3.63) is 143 Å². The summed E-state index contributed by atoms with van der Waals surface area (Å²) >= 11 is 1.81. The quantitative estimate of drug-likeness (QED) is 0.00731. The van der Waals surface area contributed by atoms with Crippen molar-refractivity contribution in [3.63, 3.8) is 0 Å². The number of rotatable bonds is 45. The van der Waals surface area contributed by atoms with Gasteiger partial charge in [0.1, 0.15) is 54.0 Å². The molecule has 0 spiro atoms. The normalized spacial score (nSPS) is 16.8. The van der Waals surface area contributed by atoms with Crippen LogP contribution in [-0.4, -0.2) is 224 Å². The van der Waals surface area contributed by atoms with Crippen molar-refractivity contribution in [2.45, 2.75) is 185 Å². The number of anilines is 1. The zero-order chi connectivity index (χ0) is 78.2. The van der Waals surface area contributed by atoms with Gasteiger partial charge in [0.15, 0.2) is 30.4 Å². The van der Waals surface area contributed by atoms with Crippen molar-refractivity contribution >= 4 is 121 Å². The molecule has 1 aliphatic heterocycles. The summed E-state index contributed by atoms with van der Waals surface area (Å²) in [5.74, 6) is -9.43. The minimum atomic E-state index is -1.65. The minimum absolute atomic E-state index is 0.0734. The Hall–Kier alpha value is -10.8. The summed E-state index contributed by atoms with van der Waals surface area (Å²) in [5, 5.41) is 152. The van der Waals surface area contributed by atoms with Gasteiger partial charge in [0.2, 0.25) is 58.6 Å². The molecule has 0 unspecified atom stereocenters. The lowest BCUT2D eigenvalue weighted by Gasteiger charge is -2.23. The van der Waals surface area contributed by atoms with Gasteiger partial charge in [-0.2, -0.15) is 4.57 Å². The number of carboxylic acid groups (broad SMARTS) is 1. The molecular weight excluding hydrogens is 1400 g/mol. The summed E-state index contributed by atoms with van der Waals surface area (Å²) < 4.78 is 3.71. The van der Waals surface area contributed by atoms with E-state index in [1.54, 1.807) is 56.4 Å². The summed E-state index contributed by atoms with van der Waals surface area (Å²) in [7, 11) is 2.07. The third-order valence-corrected chi connectivity index (χ3v) is 19.1. The number of nitrogens with two attached hydrogens (primary N) is 1. The van der Waals surface area contributed by atoms with Crippen LogP contribution >= 0.6 is 11.3 Å². The highest BCUT2D eigenvalue weighted by Gasteiger charge is 2.30. The average molecular weight is 1510 g/mol. The number of para-hydroxylation sites is 3. The highest BCUT2D eigenvalue weighted by molar-refractivity contribution is 7.18. The van der Waals surface area contributed by atoms with Crippen molar-refractivity contribution in [2.75, 3.05) is 38.2 Å². The number of aryl methyl sites for hydroxylation is 1. The lowest BCUT2D eigenvalue weighted by atomic mass is 10.00. The molecule has 17 N–H and O–H groups in total. The molecule has 0 aliphatic carbocycles. The molecule has 0 bridgehead atoms. The van der Waals surface area contributed by atoms with E-state index in [1.807, 2.05) is 29.5 Å². The fraction of sp³-hybridized carbons (Fsp3) is 0.449. The number of aliphatic hydroxyl groups is 12. The topological polar surface area (TPSA) is 476 Å². The van der Waals surface area contributed by atoms with Gasteiger partial charge in [-0.1, -0.05) is 136 Å². The van der Waals surface area contributed by atoms with Gasteiger partial charge in [0.05, 0.1) is 6.61 Å². The molecule has 1 aliphatic rings. The molecule has 6 aromatic rings. The standard InChI is InChI=1S/C78H103N15O14S/c1-48(2)70(77(105)89-60(42-53-44-81-56-29-18-16-27-54(53)56)73(101)83-46-68(98)86-59(41-51-25-13-12-14-26-51)75(103)90-61(47-94)76(104)85-50(4)72(100)88-58(78(106)107)30-22-23-38-79)91-74(102)57(35-36-65(80)95)87-71(99)49(3)84-67(97)45-82-66(96)34-15-10-8-6-7-9-11-24-39-93-63-32-20-21-33-64(63)108-69(93)43-52-37-40-92(5)62-31-19-17-28-55(52)62/h12-14,16-21,25-29,31-33,37,40,43-44,48-50,57-61,70,81,94H,6-11,15,22-24,30,34-36,38-39,41-42,45-47,79H2,1-5H3,(H12-,80,82,83,84,85,86,87,88,89,90,91,95,96,97,98,99,100,101,102,103,104,105,106,107)/p+1/t49-,50-,57-,58-,59-,60-,61-,70-/m0/s1. The lowest BCUT2D eigenvalue weighted by molar-refractivity contribution is -0.669. The smallest absolute Gasteiger partial charge is 0.328 e. The van der Waals surface area contributed by atoms with Crippen molar-refractivity contribution in [2.24, 2.45) is 61.6 Å². The Labute approximate surface area is 632 Å². The fourth-order valence-corrected chi connectivity index (χ4v) is 13.1. The molecule has 3 heterocycles. The Bertz CT molecular complexity index is 4330. The van der Waals surface area contributed by atoms with E-state index < -0.39 is 139 Å². The van der Waals surface area contributed by atoms with Crippen LogP contribution in [-0.2, 0) is 24.2 Å². The van der Waals surface area contributed by atoms with Gasteiger partial charge >= 0.3 is 5.97 Å². The number of aromatic amines is 1. The number of thiazole rings is 1. The minimum Gasteiger partial charge on any atom is -0.497 e. The number of fused-ring (bicyclic) bond motifs is 3. The molecule has 108 heavy (non-hydrogen) atoms. The van der Waals surface area contributed by atoms with Crippen molar-refractivity contribution in [1.82, 2.24) is 4.98 Å². The van der Waals surface area contributed by atoms with E-state index in [0.29, 0.717) is 43.4 Å². The molecule has 30 heteroatoms. The number of aliphatic imine (C=N–C) groups is 10. The molecule has 580 valence electrons. The van der Waals surface area contributed by atoms with E-state index >= 15 is 0 Å². The SMILES string of the molecule is CC(C)[C@H](N=C(O)[C@H](CCC(=N)O)N=C(O)[C@H](C)N=C(O)CN=C(O)CCCCCCCCCC[n+]1c(C=C2C=CN(C)c3ccccc32)sc2ccccc21)C(O)=N[C@@H](Cc1c[nH]c2ccccc12)C(O)=NCC(O)=N[C@@H](Cc1ccccc1)C(O)=N[C@@H](CO)C(O)=N[C@@H](C)C(O)=N[C@@H](CCCCN)C(=O)O. The van der Waals surface area contributed by atoms with Crippen LogP contribution < -0.4 is 15.2 Å². The van der Waals surface area contributed by atoms with Crippen LogP contribution in [0.3, 0.4) is 0 Å². The first-order valence-corrected chi connectivity index (χ1v) is 37.2. The Morgan fingerprint density at radius 3 is 1.86 bits per heavy atom. The highest BCUT2D eigenvalue weighted by Crippen LogP contribution is 2.34. The number of H-pyrrole nitrogens is 1. The van der Waals surface area contributed by atoms with Crippen molar-refractivity contribution in [1.29, 1.82) is 5.41 Å².